The monoisotopic (exact) mass is 1820 g/mol. The molecule has 0 saturated carbocycles. The van der Waals surface area contributed by atoms with Crippen molar-refractivity contribution in [3.05, 3.63) is 485 Å². The summed E-state index contributed by atoms with van der Waals surface area (Å²) in [4.78, 5) is 39.7. The zero-order valence-electron chi connectivity index (χ0n) is 74.4. The summed E-state index contributed by atoms with van der Waals surface area (Å²) < 4.78 is 10.6. The molecule has 9 heterocycles. The summed E-state index contributed by atoms with van der Waals surface area (Å²) in [5.41, 5.74) is 26.5. The highest BCUT2D eigenvalue weighted by Crippen LogP contribution is 2.54. The van der Waals surface area contributed by atoms with Crippen molar-refractivity contribution in [3.63, 3.8) is 0 Å². The third-order valence-corrected chi connectivity index (χ3v) is 29.6. The summed E-state index contributed by atoms with van der Waals surface area (Å²) in [5.74, 6) is 4.10. The lowest BCUT2D eigenvalue weighted by atomic mass is 9.98. The molecule has 138 heavy (non-hydrogen) atoms. The fraction of sp³-hybridized carbons (Fsp3) is 0. The molecule has 0 amide bonds. The molecule has 0 aliphatic rings. The first-order valence-electron chi connectivity index (χ1n) is 46.2. The Morgan fingerprint density at radius 1 is 0.159 bits per heavy atom. The van der Waals surface area contributed by atoms with Crippen LogP contribution in [0.25, 0.3) is 246 Å². The van der Waals surface area contributed by atoms with E-state index in [2.05, 4.69) is 402 Å². The first-order valence-corrected chi connectivity index (χ1v) is 48.6. The van der Waals surface area contributed by atoms with E-state index in [1.807, 2.05) is 131 Å². The van der Waals surface area contributed by atoms with Crippen LogP contribution < -0.4 is 0 Å². The molecular formula is C125H80N10S3. The van der Waals surface area contributed by atoms with Gasteiger partial charge in [-0.2, -0.15) is 9.97 Å². The van der Waals surface area contributed by atoms with Crippen molar-refractivity contribution in [1.82, 2.24) is 48.6 Å². The number of hydrogen-bond acceptors (Lipinski definition) is 10. The van der Waals surface area contributed by atoms with Gasteiger partial charge in [0.05, 0.1) is 50.2 Å². The van der Waals surface area contributed by atoms with E-state index in [9.17, 15) is 0 Å². The average molecular weight is 1820 g/mol. The second-order valence-corrected chi connectivity index (χ2v) is 37.1. The molecule has 27 aromatic rings. The topological polar surface area (TPSA) is 105 Å². The second kappa shape index (κ2) is 35.7. The molecule has 0 atom stereocenters. The first-order chi connectivity index (χ1) is 68.5. The zero-order chi connectivity index (χ0) is 91.4. The van der Waals surface area contributed by atoms with E-state index < -0.39 is 0 Å². The summed E-state index contributed by atoms with van der Waals surface area (Å²) in [6.07, 6.45) is 0. The number of rotatable bonds is 15. The molecule has 0 N–H and O–H groups in total. The van der Waals surface area contributed by atoms with Gasteiger partial charge in [0.25, 0.3) is 0 Å². The molecule has 0 fully saturated rings. The number of para-hydroxylation sites is 3. The van der Waals surface area contributed by atoms with Crippen molar-refractivity contribution in [2.75, 3.05) is 0 Å². The average Bonchev–Trinajstić information content (AvgIpc) is 1.56. The van der Waals surface area contributed by atoms with Crippen molar-refractivity contribution >= 4 is 130 Å². The highest BCUT2D eigenvalue weighted by Gasteiger charge is 2.29. The number of nitrogens with zero attached hydrogens (tertiary/aromatic N) is 10. The minimum atomic E-state index is 0.598. The zero-order valence-corrected chi connectivity index (χ0v) is 76.8. The molecule has 0 spiro atoms. The molecule has 0 aliphatic carbocycles. The van der Waals surface area contributed by atoms with Gasteiger partial charge in [-0.1, -0.05) is 437 Å². The largest absolute Gasteiger partial charge is 0.294 e. The fourth-order valence-corrected chi connectivity index (χ4v) is 23.7. The maximum atomic E-state index is 5.23. The molecule has 0 aliphatic heterocycles. The van der Waals surface area contributed by atoms with Crippen molar-refractivity contribution in [3.8, 4) is 150 Å². The van der Waals surface area contributed by atoms with E-state index in [-0.39, 0.29) is 0 Å². The van der Waals surface area contributed by atoms with E-state index in [4.69, 9.17) is 34.9 Å². The van der Waals surface area contributed by atoms with Gasteiger partial charge in [-0.3, -0.25) is 13.7 Å². The van der Waals surface area contributed by atoms with Gasteiger partial charge in [-0.05, 0) is 75.8 Å². The second-order valence-electron chi connectivity index (χ2n) is 34.0. The van der Waals surface area contributed by atoms with Gasteiger partial charge < -0.3 is 0 Å². The third-order valence-electron chi connectivity index (χ3n) is 25.8. The van der Waals surface area contributed by atoms with Crippen LogP contribution in [0.3, 0.4) is 0 Å². The molecule has 9 aromatic heterocycles. The molecule has 27 rings (SSSR count). The molecule has 10 nitrogen and oxygen atoms in total. The maximum absolute atomic E-state index is 5.23. The summed E-state index contributed by atoms with van der Waals surface area (Å²) in [5, 5.41) is 11.0. The van der Waals surface area contributed by atoms with Crippen LogP contribution in [0.5, 0.6) is 0 Å². The van der Waals surface area contributed by atoms with Crippen LogP contribution in [0.1, 0.15) is 0 Å². The van der Waals surface area contributed by atoms with Crippen LogP contribution in [-0.2, 0) is 0 Å². The van der Waals surface area contributed by atoms with Crippen molar-refractivity contribution in [2.24, 2.45) is 0 Å². The number of hydrogen-bond donors (Lipinski definition) is 0. The van der Waals surface area contributed by atoms with Gasteiger partial charge >= 0.3 is 0 Å². The van der Waals surface area contributed by atoms with E-state index >= 15 is 0 Å². The predicted molar refractivity (Wildman–Crippen MR) is 578 cm³/mol. The van der Waals surface area contributed by atoms with E-state index in [0.29, 0.717) is 29.4 Å². The molecule has 13 heteroatoms. The van der Waals surface area contributed by atoms with Crippen molar-refractivity contribution in [1.29, 1.82) is 0 Å². The lowest BCUT2D eigenvalue weighted by molar-refractivity contribution is 0.953. The minimum Gasteiger partial charge on any atom is -0.294 e. The summed E-state index contributed by atoms with van der Waals surface area (Å²) in [6.45, 7) is 0. The van der Waals surface area contributed by atoms with Crippen LogP contribution in [0, 0.1) is 0 Å². The Morgan fingerprint density at radius 3 is 0.710 bits per heavy atom. The lowest BCUT2D eigenvalue weighted by Crippen LogP contribution is -2.06. The van der Waals surface area contributed by atoms with Crippen LogP contribution in [0.4, 0.5) is 0 Å². The maximum Gasteiger partial charge on any atom is 0.238 e. The van der Waals surface area contributed by atoms with Crippen LogP contribution in [-0.4, -0.2) is 48.6 Å². The normalized spacial score (nSPS) is 11.5. The molecule has 648 valence electrons. The minimum absolute atomic E-state index is 0.598. The highest BCUT2D eigenvalue weighted by molar-refractivity contribution is 7.25. The number of aromatic nitrogens is 10. The molecule has 0 radical (unpaired) electrons. The van der Waals surface area contributed by atoms with Crippen LogP contribution in [0.2, 0.25) is 0 Å². The molecule has 0 saturated heterocycles. The van der Waals surface area contributed by atoms with Gasteiger partial charge in [-0.25, -0.2) is 24.9 Å². The SMILES string of the molecule is c1ccc(-c2cc(-c3ccccc3)nc(-n3c4ccccc4c4c5sc(-c6ccccc6)c(-c6ccccc6)c5ccc43)n2)cc1.c1ccc(-c2cc(-n3c4ccccc4c4c5sc(-c6ccccc6)c(-c6ccccc6)c5ccc43)nc(-c3ccccc3)n2)cc1.c1ccc(-c2nc(-c3ccccc3)nc(-n3c4ccccc4c4c5sc(-c6ccccc6)c(-c6ccccc6)c5ccc43)n2)cc1. The smallest absolute Gasteiger partial charge is 0.238 e. The van der Waals surface area contributed by atoms with Crippen LogP contribution >= 0.6 is 34.0 Å². The molecule has 0 bridgehead atoms. The number of fused-ring (bicyclic) bond motifs is 15. The van der Waals surface area contributed by atoms with Crippen molar-refractivity contribution in [2.45, 2.75) is 0 Å². The summed E-state index contributed by atoms with van der Waals surface area (Å²) in [6, 6.07) is 170. The number of thiophene rings is 3. The quantitative estimate of drug-likeness (QED) is 0.101. The molecule has 18 aromatic carbocycles. The third kappa shape index (κ3) is 15.0. The Kier molecular flexibility index (Phi) is 21.3. The molecular weight excluding hydrogens is 1740 g/mol. The molecule has 0 unspecified atom stereocenters. The van der Waals surface area contributed by atoms with E-state index in [1.165, 1.54) is 127 Å². The predicted octanol–water partition coefficient (Wildman–Crippen LogP) is 33.8. The van der Waals surface area contributed by atoms with Crippen LogP contribution in [0.15, 0.2) is 485 Å². The summed E-state index contributed by atoms with van der Waals surface area (Å²) in [7, 11) is 0. The summed E-state index contributed by atoms with van der Waals surface area (Å²) >= 11 is 5.61. The Labute approximate surface area is 807 Å². The number of benzene rings is 18. The Bertz CT molecular complexity index is 8180. The van der Waals surface area contributed by atoms with Crippen molar-refractivity contribution < 1.29 is 0 Å². The Morgan fingerprint density at radius 2 is 0.399 bits per heavy atom. The lowest BCUT2D eigenvalue weighted by Gasteiger charge is -2.12. The highest BCUT2D eigenvalue weighted by atomic mass is 32.1. The van der Waals surface area contributed by atoms with E-state index in [1.54, 1.807) is 0 Å². The van der Waals surface area contributed by atoms with E-state index in [0.717, 1.165) is 89.4 Å². The van der Waals surface area contributed by atoms with Gasteiger partial charge in [0.15, 0.2) is 17.5 Å². The van der Waals surface area contributed by atoms with Gasteiger partial charge in [0, 0.05) is 133 Å². The fourth-order valence-electron chi connectivity index (χ4n) is 19.5. The Balaban J connectivity index is 0.000000110. The van der Waals surface area contributed by atoms with Gasteiger partial charge in [0.2, 0.25) is 11.9 Å². The Hall–Kier alpha value is -17.6. The standard InChI is InChI=1S/2C42H27N3S.C41H26N4S/c1-5-15-28(16-6-1)34-27-35(29-17-7-2-8-18-29)44-42(43-34)45-36-24-14-13-23-32(36)39-37(45)26-25-33-38(30-19-9-3-10-20-30)40(46-41(33)39)31-21-11-4-12-22-31;1-5-15-28(16-6-1)34-27-37(44-42(43-34)31-21-11-4-12-22-31)45-35-24-14-13-23-32(35)39-36(45)26-25-33-38(29-17-7-2-8-18-29)40(46-41(33)39)30-19-9-3-10-20-30;1-5-15-27(16-6-1)35-32-25-26-34-36(38(32)46-37(35)28-17-7-2-8-18-28)31-23-13-14-24-33(31)45(34)41-43-39(29-19-9-3-10-20-29)42-40(44-41)30-21-11-4-12-22-30/h2*1-27H;1-26H. The van der Waals surface area contributed by atoms with Gasteiger partial charge in [-0.15, -0.1) is 34.0 Å². The first kappa shape index (κ1) is 82.3. The van der Waals surface area contributed by atoms with Gasteiger partial charge in [0.1, 0.15) is 5.82 Å².